The number of carbonyl (C=O) groups is 2. The number of thiophene rings is 1. The number of hydrogen-bond donors (Lipinski definition) is 2. The molecule has 3 rings (SSSR count). The van der Waals surface area contributed by atoms with Crippen LogP contribution in [0.2, 0.25) is 10.0 Å². The van der Waals surface area contributed by atoms with Crippen LogP contribution < -0.4 is 10.9 Å². The molecular formula is C19H17Cl2N3O4S. The minimum Gasteiger partial charge on any atom is -0.456 e. The maximum atomic E-state index is 12.6. The summed E-state index contributed by atoms with van der Waals surface area (Å²) in [6.07, 6.45) is 0. The van der Waals surface area contributed by atoms with Gasteiger partial charge in [0.2, 0.25) is 0 Å². The number of H-pyrrole nitrogens is 1. The van der Waals surface area contributed by atoms with E-state index in [2.05, 4.69) is 15.3 Å². The molecule has 1 atom stereocenters. The summed E-state index contributed by atoms with van der Waals surface area (Å²) >= 11 is 13.2. The zero-order valence-electron chi connectivity index (χ0n) is 15.5. The van der Waals surface area contributed by atoms with Gasteiger partial charge in [-0.05, 0) is 35.6 Å². The maximum Gasteiger partial charge on any atom is 0.329 e. The lowest BCUT2D eigenvalue weighted by molar-refractivity contribution is -0.148. The van der Waals surface area contributed by atoms with E-state index >= 15 is 0 Å². The molecule has 1 aromatic carbocycles. The number of rotatable bonds is 6. The second-order valence-corrected chi connectivity index (χ2v) is 8.33. The van der Waals surface area contributed by atoms with Gasteiger partial charge < -0.3 is 15.0 Å². The fourth-order valence-electron chi connectivity index (χ4n) is 2.61. The van der Waals surface area contributed by atoms with Gasteiger partial charge in [-0.15, -0.1) is 11.3 Å². The lowest BCUT2D eigenvalue weighted by Crippen LogP contribution is -2.45. The van der Waals surface area contributed by atoms with E-state index in [1.165, 1.54) is 29.5 Å². The van der Waals surface area contributed by atoms with Crippen molar-refractivity contribution < 1.29 is 14.3 Å². The number of fused-ring (bicyclic) bond motifs is 1. The Morgan fingerprint density at radius 3 is 2.72 bits per heavy atom. The van der Waals surface area contributed by atoms with E-state index in [4.69, 9.17) is 27.9 Å². The Hall–Kier alpha value is -2.42. The van der Waals surface area contributed by atoms with Crippen LogP contribution in [-0.2, 0) is 16.1 Å². The van der Waals surface area contributed by atoms with Gasteiger partial charge >= 0.3 is 5.97 Å². The van der Waals surface area contributed by atoms with Gasteiger partial charge in [0, 0.05) is 5.02 Å². The van der Waals surface area contributed by atoms with Crippen LogP contribution in [-0.4, -0.2) is 27.9 Å². The van der Waals surface area contributed by atoms with E-state index in [-0.39, 0.29) is 34.5 Å². The Balaban J connectivity index is 1.70. The molecule has 0 saturated carbocycles. The summed E-state index contributed by atoms with van der Waals surface area (Å²) in [5.74, 6) is -1.19. The third-order valence-electron chi connectivity index (χ3n) is 4.10. The second kappa shape index (κ2) is 8.94. The van der Waals surface area contributed by atoms with Crippen molar-refractivity contribution in [3.05, 3.63) is 61.4 Å². The molecular weight excluding hydrogens is 437 g/mol. The summed E-state index contributed by atoms with van der Waals surface area (Å²) in [5.41, 5.74) is 0.446. The largest absolute Gasteiger partial charge is 0.456 e. The van der Waals surface area contributed by atoms with Gasteiger partial charge in [-0.1, -0.05) is 37.0 Å². The topological polar surface area (TPSA) is 101 Å². The van der Waals surface area contributed by atoms with Crippen LogP contribution in [0.5, 0.6) is 0 Å². The van der Waals surface area contributed by atoms with Crippen LogP contribution in [0.1, 0.15) is 30.0 Å². The van der Waals surface area contributed by atoms with Gasteiger partial charge in [0.15, 0.2) is 0 Å². The molecule has 2 aromatic heterocycles. The predicted octanol–water partition coefficient (Wildman–Crippen LogP) is 3.79. The number of nitrogens with one attached hydrogen (secondary N) is 2. The smallest absolute Gasteiger partial charge is 0.329 e. The van der Waals surface area contributed by atoms with E-state index < -0.39 is 17.9 Å². The Morgan fingerprint density at radius 2 is 2.03 bits per heavy atom. The molecule has 0 radical (unpaired) electrons. The van der Waals surface area contributed by atoms with Crippen LogP contribution in [0, 0.1) is 5.92 Å². The number of amides is 1. The van der Waals surface area contributed by atoms with Gasteiger partial charge in [-0.25, -0.2) is 9.78 Å². The van der Waals surface area contributed by atoms with Crippen molar-refractivity contribution in [3.63, 3.8) is 0 Å². The molecule has 0 fully saturated rings. The highest BCUT2D eigenvalue weighted by molar-refractivity contribution is 7.17. The van der Waals surface area contributed by atoms with E-state index in [1.54, 1.807) is 25.3 Å². The first-order valence-corrected chi connectivity index (χ1v) is 10.3. The first kappa shape index (κ1) is 21.3. The molecule has 0 unspecified atom stereocenters. The molecule has 152 valence electrons. The van der Waals surface area contributed by atoms with Crippen LogP contribution in [0.4, 0.5) is 0 Å². The minimum absolute atomic E-state index is 0.178. The highest BCUT2D eigenvalue weighted by Gasteiger charge is 2.27. The number of nitrogens with zero attached hydrogens (tertiary/aromatic N) is 1. The zero-order valence-corrected chi connectivity index (χ0v) is 17.8. The molecule has 7 nitrogen and oxygen atoms in total. The normalized spacial score (nSPS) is 12.2. The number of benzene rings is 1. The van der Waals surface area contributed by atoms with Crippen LogP contribution in [0.25, 0.3) is 10.2 Å². The SMILES string of the molecule is CC(C)[C@@H](NC(=O)c1ccc(Cl)cc1Cl)C(=O)OCc1nc2ccsc2c(=O)[nH]1. The van der Waals surface area contributed by atoms with Crippen molar-refractivity contribution in [1.29, 1.82) is 0 Å². The first-order chi connectivity index (χ1) is 13.8. The summed E-state index contributed by atoms with van der Waals surface area (Å²) < 4.78 is 5.79. The van der Waals surface area contributed by atoms with Gasteiger partial charge in [-0.2, -0.15) is 0 Å². The standard InChI is InChI=1S/C19H17Cl2N3O4S/c1-9(2)15(24-17(25)11-4-3-10(20)7-12(11)21)19(27)28-8-14-22-13-5-6-29-16(13)18(26)23-14/h3-7,9,15H,8H2,1-2H3,(H,24,25)(H,22,23,26)/t15-/m1/s1. The second-order valence-electron chi connectivity index (χ2n) is 6.57. The molecule has 0 spiro atoms. The Kier molecular flexibility index (Phi) is 6.56. The minimum atomic E-state index is -0.911. The average Bonchev–Trinajstić information content (AvgIpc) is 3.13. The van der Waals surface area contributed by atoms with Crippen molar-refractivity contribution in [1.82, 2.24) is 15.3 Å². The molecule has 0 saturated heterocycles. The zero-order chi connectivity index (χ0) is 21.1. The number of carbonyl (C=O) groups excluding carboxylic acids is 2. The van der Waals surface area contributed by atoms with Crippen molar-refractivity contribution in [2.24, 2.45) is 5.92 Å². The summed E-state index contributed by atoms with van der Waals surface area (Å²) in [6.45, 7) is 3.32. The summed E-state index contributed by atoms with van der Waals surface area (Å²) in [6, 6.07) is 5.27. The Morgan fingerprint density at radius 1 is 1.28 bits per heavy atom. The molecule has 0 bridgehead atoms. The van der Waals surface area contributed by atoms with E-state index in [0.717, 1.165) is 0 Å². The van der Waals surface area contributed by atoms with Crippen molar-refractivity contribution >= 4 is 56.6 Å². The summed E-state index contributed by atoms with van der Waals surface area (Å²) in [5, 5.41) is 4.97. The van der Waals surface area contributed by atoms with Crippen molar-refractivity contribution in [2.45, 2.75) is 26.5 Å². The number of aromatic amines is 1. The lowest BCUT2D eigenvalue weighted by atomic mass is 10.0. The molecule has 0 aliphatic carbocycles. The van der Waals surface area contributed by atoms with Crippen LogP contribution in [0.15, 0.2) is 34.4 Å². The van der Waals surface area contributed by atoms with Gasteiger partial charge in [0.05, 0.1) is 16.1 Å². The molecule has 1 amide bonds. The maximum absolute atomic E-state index is 12.6. The first-order valence-electron chi connectivity index (χ1n) is 8.65. The summed E-state index contributed by atoms with van der Waals surface area (Å²) in [4.78, 5) is 43.9. The number of hydrogen-bond acceptors (Lipinski definition) is 6. The molecule has 3 aromatic rings. The highest BCUT2D eigenvalue weighted by atomic mass is 35.5. The number of esters is 1. The Bertz CT molecular complexity index is 1130. The molecule has 0 aliphatic heterocycles. The fourth-order valence-corrected chi connectivity index (χ4v) is 3.83. The van der Waals surface area contributed by atoms with Crippen LogP contribution in [0.3, 0.4) is 0 Å². The molecule has 2 heterocycles. The van der Waals surface area contributed by atoms with Gasteiger partial charge in [0.1, 0.15) is 23.2 Å². The third-order valence-corrected chi connectivity index (χ3v) is 5.55. The number of aromatic nitrogens is 2. The number of halogens is 2. The quantitative estimate of drug-likeness (QED) is 0.552. The monoisotopic (exact) mass is 453 g/mol. The van der Waals surface area contributed by atoms with E-state index in [9.17, 15) is 14.4 Å². The predicted molar refractivity (Wildman–Crippen MR) is 113 cm³/mol. The average molecular weight is 454 g/mol. The van der Waals surface area contributed by atoms with Crippen molar-refractivity contribution in [2.75, 3.05) is 0 Å². The Labute approximate surface area is 180 Å². The van der Waals surface area contributed by atoms with Crippen LogP contribution >= 0.6 is 34.5 Å². The lowest BCUT2D eigenvalue weighted by Gasteiger charge is -2.21. The van der Waals surface area contributed by atoms with E-state index in [1.807, 2.05) is 0 Å². The van der Waals surface area contributed by atoms with Gasteiger partial charge in [0.25, 0.3) is 11.5 Å². The molecule has 29 heavy (non-hydrogen) atoms. The van der Waals surface area contributed by atoms with Crippen molar-refractivity contribution in [3.8, 4) is 0 Å². The third kappa shape index (κ3) is 4.95. The molecule has 10 heteroatoms. The summed E-state index contributed by atoms with van der Waals surface area (Å²) in [7, 11) is 0. The van der Waals surface area contributed by atoms with E-state index in [0.29, 0.717) is 15.2 Å². The number of ether oxygens (including phenoxy) is 1. The highest BCUT2D eigenvalue weighted by Crippen LogP contribution is 2.21. The molecule has 2 N–H and O–H groups in total. The molecule has 0 aliphatic rings. The fraction of sp³-hybridized carbons (Fsp3) is 0.263. The van der Waals surface area contributed by atoms with Gasteiger partial charge in [-0.3, -0.25) is 9.59 Å².